The zero-order valence-corrected chi connectivity index (χ0v) is 15.0. The van der Waals surface area contributed by atoms with Crippen molar-refractivity contribution >= 4 is 56.3 Å². The molecule has 126 valence electrons. The molecule has 0 aliphatic carbocycles. The monoisotopic (exact) mass is 396 g/mol. The Kier molecular flexibility index (Phi) is 6.07. The van der Waals surface area contributed by atoms with E-state index in [1.807, 2.05) is 0 Å². The van der Waals surface area contributed by atoms with Gasteiger partial charge in [-0.3, -0.25) is 4.79 Å². The first-order valence-electron chi connectivity index (χ1n) is 6.64. The highest BCUT2D eigenvalue weighted by molar-refractivity contribution is 7.91. The molecule has 0 saturated carbocycles. The highest BCUT2D eigenvalue weighted by Gasteiger charge is 2.28. The zero-order chi connectivity index (χ0) is 17.0. The van der Waals surface area contributed by atoms with Crippen LogP contribution in [0.25, 0.3) is 0 Å². The summed E-state index contributed by atoms with van der Waals surface area (Å²) in [6.45, 7) is -0.286. The number of carbonyl (C=O) groups excluding carboxylic acids is 1. The van der Waals surface area contributed by atoms with Gasteiger partial charge >= 0.3 is 0 Å². The lowest BCUT2D eigenvalue weighted by Crippen LogP contribution is -2.46. The van der Waals surface area contributed by atoms with Crippen molar-refractivity contribution in [1.29, 1.82) is 0 Å². The molecule has 23 heavy (non-hydrogen) atoms. The second kappa shape index (κ2) is 7.65. The Balaban J connectivity index is 1.77. The number of hydrogen-bond donors (Lipinski definition) is 2. The van der Waals surface area contributed by atoms with Gasteiger partial charge in [0.15, 0.2) is 21.6 Å². The average Bonchev–Trinajstić information content (AvgIpc) is 2.76. The van der Waals surface area contributed by atoms with Gasteiger partial charge in [0.25, 0.3) is 5.91 Å². The second-order valence-corrected chi connectivity index (χ2v) is 8.47. The maximum Gasteiger partial charge on any atom is 0.264 e. The van der Waals surface area contributed by atoms with E-state index in [0.29, 0.717) is 22.2 Å². The van der Waals surface area contributed by atoms with Gasteiger partial charge in [0.05, 0.1) is 16.5 Å². The first-order chi connectivity index (χ1) is 10.7. The molecule has 1 amide bonds. The van der Waals surface area contributed by atoms with E-state index < -0.39 is 15.7 Å². The quantitative estimate of drug-likeness (QED) is 0.751. The van der Waals surface area contributed by atoms with E-state index in [9.17, 15) is 13.2 Å². The summed E-state index contributed by atoms with van der Waals surface area (Å²) in [4.78, 5) is 11.8. The summed E-state index contributed by atoms with van der Waals surface area (Å²) in [5.74, 6) is -0.0133. The van der Waals surface area contributed by atoms with E-state index in [0.717, 1.165) is 0 Å². The molecule has 10 heteroatoms. The van der Waals surface area contributed by atoms with E-state index in [2.05, 4.69) is 10.6 Å². The molecular formula is C13H14Cl2N2O4S2. The van der Waals surface area contributed by atoms with Gasteiger partial charge in [0.1, 0.15) is 5.75 Å². The third-order valence-electron chi connectivity index (χ3n) is 3.07. The Bertz CT molecular complexity index is 725. The topological polar surface area (TPSA) is 84.5 Å². The van der Waals surface area contributed by atoms with E-state index in [4.69, 9.17) is 40.2 Å². The van der Waals surface area contributed by atoms with Crippen LogP contribution in [0.15, 0.2) is 18.2 Å². The molecule has 1 saturated heterocycles. The number of nitrogens with one attached hydrogen (secondary N) is 2. The zero-order valence-electron chi connectivity index (χ0n) is 11.8. The molecule has 0 aromatic heterocycles. The van der Waals surface area contributed by atoms with Gasteiger partial charge in [0.2, 0.25) is 0 Å². The molecule has 6 nitrogen and oxygen atoms in total. The molecule has 1 aliphatic heterocycles. The molecule has 1 unspecified atom stereocenters. The van der Waals surface area contributed by atoms with Crippen LogP contribution in [0.3, 0.4) is 0 Å². The smallest absolute Gasteiger partial charge is 0.264 e. The Labute approximate surface area is 149 Å². The first-order valence-corrected chi connectivity index (χ1v) is 9.62. The van der Waals surface area contributed by atoms with Crippen LogP contribution in [0.2, 0.25) is 10.0 Å². The molecule has 1 aliphatic rings. The van der Waals surface area contributed by atoms with Crippen molar-refractivity contribution in [3.8, 4) is 5.75 Å². The maximum atomic E-state index is 11.8. The highest BCUT2D eigenvalue weighted by Crippen LogP contribution is 2.27. The number of rotatable bonds is 4. The summed E-state index contributed by atoms with van der Waals surface area (Å²) < 4.78 is 28.0. The predicted molar refractivity (Wildman–Crippen MR) is 92.9 cm³/mol. The van der Waals surface area contributed by atoms with Crippen LogP contribution >= 0.6 is 35.4 Å². The number of sulfone groups is 1. The molecule has 0 bridgehead atoms. The molecule has 1 heterocycles. The van der Waals surface area contributed by atoms with Crippen molar-refractivity contribution in [3.05, 3.63) is 28.2 Å². The number of carbonyl (C=O) groups is 1. The van der Waals surface area contributed by atoms with Gasteiger partial charge in [0, 0.05) is 11.1 Å². The van der Waals surface area contributed by atoms with Gasteiger partial charge in [-0.2, -0.15) is 0 Å². The van der Waals surface area contributed by atoms with E-state index in [-0.39, 0.29) is 29.3 Å². The molecule has 0 radical (unpaired) electrons. The van der Waals surface area contributed by atoms with Crippen molar-refractivity contribution in [2.45, 2.75) is 12.5 Å². The van der Waals surface area contributed by atoms with Gasteiger partial charge in [-0.15, -0.1) is 0 Å². The number of benzene rings is 1. The van der Waals surface area contributed by atoms with Crippen molar-refractivity contribution in [1.82, 2.24) is 10.6 Å². The molecule has 2 rings (SSSR count). The first kappa shape index (κ1) is 18.3. The SMILES string of the molecule is O=C(COc1ccc(Cl)cc1Cl)NC(=S)NC1CCS(=O)(=O)C1. The molecule has 2 N–H and O–H groups in total. The number of halogens is 2. The standard InChI is InChI=1S/C13H14Cl2N2O4S2/c14-8-1-2-11(10(15)5-8)21-6-12(18)17-13(22)16-9-3-4-23(19,20)7-9/h1-2,5,9H,3-4,6-7H2,(H2,16,17,18,22). The van der Waals surface area contributed by atoms with Crippen LogP contribution < -0.4 is 15.4 Å². The van der Waals surface area contributed by atoms with Crippen molar-refractivity contribution in [2.24, 2.45) is 0 Å². The second-order valence-electron chi connectivity index (χ2n) is 4.99. The minimum atomic E-state index is -3.01. The number of thiocarbonyl (C=S) groups is 1. The van der Waals surface area contributed by atoms with Crippen LogP contribution in [-0.4, -0.2) is 43.6 Å². The van der Waals surface area contributed by atoms with Crippen LogP contribution in [0.1, 0.15) is 6.42 Å². The van der Waals surface area contributed by atoms with Gasteiger partial charge in [-0.25, -0.2) is 8.42 Å². The van der Waals surface area contributed by atoms with Crippen molar-refractivity contribution < 1.29 is 17.9 Å². The normalized spacial score (nSPS) is 19.1. The lowest BCUT2D eigenvalue weighted by molar-refractivity contribution is -0.121. The Morgan fingerprint density at radius 2 is 2.13 bits per heavy atom. The Morgan fingerprint density at radius 3 is 2.74 bits per heavy atom. The largest absolute Gasteiger partial charge is 0.482 e. The predicted octanol–water partition coefficient (Wildman–Crippen LogP) is 1.55. The van der Waals surface area contributed by atoms with Crippen molar-refractivity contribution in [3.63, 3.8) is 0 Å². The maximum absolute atomic E-state index is 11.8. The molecular weight excluding hydrogens is 383 g/mol. The Morgan fingerprint density at radius 1 is 1.39 bits per heavy atom. The van der Waals surface area contributed by atoms with Gasteiger partial charge < -0.3 is 15.4 Å². The van der Waals surface area contributed by atoms with Gasteiger partial charge in [-0.05, 0) is 36.8 Å². The van der Waals surface area contributed by atoms with Crippen LogP contribution in [0.4, 0.5) is 0 Å². The number of ether oxygens (including phenoxy) is 1. The minimum absolute atomic E-state index is 0.0138. The summed E-state index contributed by atoms with van der Waals surface area (Å²) in [5.41, 5.74) is 0. The van der Waals surface area contributed by atoms with E-state index in [1.54, 1.807) is 12.1 Å². The number of amides is 1. The van der Waals surface area contributed by atoms with E-state index in [1.165, 1.54) is 6.07 Å². The fourth-order valence-electron chi connectivity index (χ4n) is 2.03. The average molecular weight is 397 g/mol. The van der Waals surface area contributed by atoms with Crippen LogP contribution in [0, 0.1) is 0 Å². The summed E-state index contributed by atoms with van der Waals surface area (Å²) in [5, 5.41) is 6.06. The summed E-state index contributed by atoms with van der Waals surface area (Å²) in [7, 11) is -3.01. The van der Waals surface area contributed by atoms with Crippen molar-refractivity contribution in [2.75, 3.05) is 18.1 Å². The molecule has 1 aromatic carbocycles. The van der Waals surface area contributed by atoms with Crippen LogP contribution in [0.5, 0.6) is 5.75 Å². The fraction of sp³-hybridized carbons (Fsp3) is 0.385. The highest BCUT2D eigenvalue weighted by atomic mass is 35.5. The summed E-state index contributed by atoms with van der Waals surface area (Å²) in [6.07, 6.45) is 0.467. The van der Waals surface area contributed by atoms with Crippen LogP contribution in [-0.2, 0) is 14.6 Å². The van der Waals surface area contributed by atoms with Gasteiger partial charge in [-0.1, -0.05) is 23.2 Å². The molecule has 0 spiro atoms. The lowest BCUT2D eigenvalue weighted by atomic mass is 10.3. The summed E-state index contributed by atoms with van der Waals surface area (Å²) in [6, 6.07) is 4.37. The molecule has 1 fully saturated rings. The molecule has 1 aromatic rings. The third-order valence-corrected chi connectivity index (χ3v) is 5.59. The number of hydrogen-bond acceptors (Lipinski definition) is 5. The Hall–Kier alpha value is -1.09. The third kappa shape index (κ3) is 5.80. The fourth-order valence-corrected chi connectivity index (χ4v) is 4.45. The molecule has 1 atom stereocenters. The minimum Gasteiger partial charge on any atom is -0.482 e. The summed E-state index contributed by atoms with van der Waals surface area (Å²) >= 11 is 16.7. The lowest BCUT2D eigenvalue weighted by Gasteiger charge is -2.14. The van der Waals surface area contributed by atoms with E-state index >= 15 is 0 Å².